The number of nitrogens with zero attached hydrogens (tertiary/aromatic N) is 2. The van der Waals surface area contributed by atoms with Crippen molar-refractivity contribution in [1.82, 2.24) is 9.47 Å². The van der Waals surface area contributed by atoms with Crippen molar-refractivity contribution in [3.8, 4) is 11.4 Å². The van der Waals surface area contributed by atoms with Crippen LogP contribution in [0, 0.1) is 13.8 Å². The third-order valence-corrected chi connectivity index (χ3v) is 5.52. The zero-order valence-corrected chi connectivity index (χ0v) is 18.0. The molecule has 3 rings (SSSR count). The number of esters is 1. The van der Waals surface area contributed by atoms with Crippen LogP contribution < -0.4 is 4.74 Å². The van der Waals surface area contributed by atoms with E-state index in [4.69, 9.17) is 21.1 Å². The second-order valence-electron chi connectivity index (χ2n) is 6.85. The number of amides is 1. The van der Waals surface area contributed by atoms with Gasteiger partial charge in [0.1, 0.15) is 5.75 Å². The maximum Gasteiger partial charge on any atom is 0.340 e. The molecule has 152 valence electrons. The second-order valence-corrected chi connectivity index (χ2v) is 7.26. The molecule has 2 heterocycles. The number of halogens is 1. The normalized spacial score (nSPS) is 15.5. The van der Waals surface area contributed by atoms with Crippen LogP contribution in [0.15, 0.2) is 41.1 Å². The van der Waals surface area contributed by atoms with Gasteiger partial charge in [-0.05, 0) is 56.7 Å². The first-order valence-corrected chi connectivity index (χ1v) is 9.41. The van der Waals surface area contributed by atoms with Crippen LogP contribution in [-0.4, -0.2) is 42.6 Å². The van der Waals surface area contributed by atoms with Crippen molar-refractivity contribution >= 4 is 29.6 Å². The Bertz CT molecular complexity index is 1080. The summed E-state index contributed by atoms with van der Waals surface area (Å²) in [5.41, 5.74) is 4.79. The van der Waals surface area contributed by atoms with Crippen LogP contribution >= 0.6 is 11.6 Å². The minimum atomic E-state index is -0.526. The van der Waals surface area contributed by atoms with Gasteiger partial charge in [-0.2, -0.15) is 0 Å². The molecule has 0 bridgehead atoms. The van der Waals surface area contributed by atoms with Crippen molar-refractivity contribution in [2.75, 3.05) is 21.3 Å². The maximum atomic E-state index is 12.7. The SMILES string of the molecule is COC(=O)C1=C(C)N(C)C(=O)/C1=C\c1cc(C)n(-c2ccc(OC)c(Cl)c2)c1C. The highest BCUT2D eigenvalue weighted by Gasteiger charge is 2.35. The van der Waals surface area contributed by atoms with E-state index >= 15 is 0 Å². The highest BCUT2D eigenvalue weighted by atomic mass is 35.5. The van der Waals surface area contributed by atoms with E-state index in [0.29, 0.717) is 22.0 Å². The van der Waals surface area contributed by atoms with Crippen molar-refractivity contribution in [3.05, 3.63) is 63.1 Å². The summed E-state index contributed by atoms with van der Waals surface area (Å²) >= 11 is 6.29. The van der Waals surface area contributed by atoms with Gasteiger partial charge in [0.15, 0.2) is 0 Å². The lowest BCUT2D eigenvalue weighted by molar-refractivity contribution is -0.136. The number of hydrogen-bond acceptors (Lipinski definition) is 4. The van der Waals surface area contributed by atoms with Gasteiger partial charge in [-0.15, -0.1) is 0 Å². The molecule has 2 aromatic rings. The van der Waals surface area contributed by atoms with Gasteiger partial charge in [-0.25, -0.2) is 4.79 Å². The number of hydrogen-bond donors (Lipinski definition) is 0. The van der Waals surface area contributed by atoms with Crippen molar-refractivity contribution in [3.63, 3.8) is 0 Å². The lowest BCUT2D eigenvalue weighted by Gasteiger charge is -2.12. The van der Waals surface area contributed by atoms with Gasteiger partial charge in [0.2, 0.25) is 0 Å². The average molecular weight is 415 g/mol. The summed E-state index contributed by atoms with van der Waals surface area (Å²) in [4.78, 5) is 26.4. The molecule has 1 amide bonds. The Labute approximate surface area is 175 Å². The molecule has 1 aromatic carbocycles. The fraction of sp³-hybridized carbons (Fsp3) is 0.273. The van der Waals surface area contributed by atoms with Crippen molar-refractivity contribution in [2.24, 2.45) is 0 Å². The van der Waals surface area contributed by atoms with Gasteiger partial charge in [-0.3, -0.25) is 4.79 Å². The van der Waals surface area contributed by atoms with Crippen LogP contribution in [0.4, 0.5) is 0 Å². The average Bonchev–Trinajstić information content (AvgIpc) is 3.09. The molecule has 0 fully saturated rings. The number of likely N-dealkylation sites (N-methyl/N-ethyl adjacent to an activating group) is 1. The summed E-state index contributed by atoms with van der Waals surface area (Å²) in [6, 6.07) is 7.53. The second kappa shape index (κ2) is 7.79. The van der Waals surface area contributed by atoms with Crippen LogP contribution in [0.1, 0.15) is 23.9 Å². The molecule has 0 saturated heterocycles. The first-order chi connectivity index (χ1) is 13.7. The number of methoxy groups -OCH3 is 2. The molecule has 0 saturated carbocycles. The number of carbonyl (C=O) groups is 2. The number of allylic oxidation sites excluding steroid dienone is 1. The summed E-state index contributed by atoms with van der Waals surface area (Å²) in [5.74, 6) is -0.162. The van der Waals surface area contributed by atoms with E-state index in [1.807, 2.05) is 42.7 Å². The van der Waals surface area contributed by atoms with E-state index in [9.17, 15) is 9.59 Å². The van der Waals surface area contributed by atoms with E-state index in [1.165, 1.54) is 12.0 Å². The first kappa shape index (κ1) is 20.7. The van der Waals surface area contributed by atoms with E-state index in [2.05, 4.69) is 0 Å². The molecule has 0 spiro atoms. The number of ether oxygens (including phenoxy) is 2. The Morgan fingerprint density at radius 3 is 2.41 bits per heavy atom. The molecule has 0 N–H and O–H groups in total. The topological polar surface area (TPSA) is 60.8 Å². The van der Waals surface area contributed by atoms with Gasteiger partial charge in [0, 0.05) is 29.8 Å². The molecular formula is C22H23ClN2O4. The molecule has 29 heavy (non-hydrogen) atoms. The van der Waals surface area contributed by atoms with Crippen molar-refractivity contribution < 1.29 is 19.1 Å². The van der Waals surface area contributed by atoms with Crippen molar-refractivity contribution in [1.29, 1.82) is 0 Å². The van der Waals surface area contributed by atoms with E-state index in [0.717, 1.165) is 22.6 Å². The van der Waals surface area contributed by atoms with Crippen LogP contribution in [0.3, 0.4) is 0 Å². The van der Waals surface area contributed by atoms with Gasteiger partial charge in [0.25, 0.3) is 5.91 Å². The minimum Gasteiger partial charge on any atom is -0.495 e. The maximum absolute atomic E-state index is 12.7. The highest BCUT2D eigenvalue weighted by molar-refractivity contribution is 6.32. The van der Waals surface area contributed by atoms with Gasteiger partial charge in [-0.1, -0.05) is 11.6 Å². The van der Waals surface area contributed by atoms with E-state index in [1.54, 1.807) is 27.2 Å². The Morgan fingerprint density at radius 2 is 1.83 bits per heavy atom. The summed E-state index contributed by atoms with van der Waals surface area (Å²) in [6.45, 7) is 5.65. The van der Waals surface area contributed by atoms with Crippen molar-refractivity contribution in [2.45, 2.75) is 20.8 Å². The van der Waals surface area contributed by atoms with Crippen LogP contribution in [-0.2, 0) is 14.3 Å². The molecule has 6 nitrogen and oxygen atoms in total. The first-order valence-electron chi connectivity index (χ1n) is 9.03. The predicted molar refractivity (Wildman–Crippen MR) is 112 cm³/mol. The zero-order valence-electron chi connectivity index (χ0n) is 17.3. The van der Waals surface area contributed by atoms with Crippen LogP contribution in [0.5, 0.6) is 5.75 Å². The monoisotopic (exact) mass is 414 g/mol. The molecule has 0 aliphatic carbocycles. The Hall–Kier alpha value is -2.99. The molecular weight excluding hydrogens is 392 g/mol. The fourth-order valence-electron chi connectivity index (χ4n) is 3.58. The molecule has 1 aliphatic rings. The number of aryl methyl sites for hydroxylation is 1. The number of aromatic nitrogens is 1. The molecule has 0 unspecified atom stereocenters. The third kappa shape index (κ3) is 3.44. The summed E-state index contributed by atoms with van der Waals surface area (Å²) in [5, 5.41) is 0.511. The highest BCUT2D eigenvalue weighted by Crippen LogP contribution is 2.33. The Balaban J connectivity index is 2.12. The molecule has 0 atom stereocenters. The van der Waals surface area contributed by atoms with E-state index < -0.39 is 5.97 Å². The molecule has 1 aromatic heterocycles. The number of carbonyl (C=O) groups excluding carboxylic acids is 2. The fourth-order valence-corrected chi connectivity index (χ4v) is 3.83. The summed E-state index contributed by atoms with van der Waals surface area (Å²) in [6.07, 6.45) is 1.74. The number of rotatable bonds is 4. The Kier molecular flexibility index (Phi) is 5.57. The largest absolute Gasteiger partial charge is 0.495 e. The zero-order chi connectivity index (χ0) is 21.5. The van der Waals surface area contributed by atoms with Crippen LogP contribution in [0.25, 0.3) is 11.8 Å². The smallest absolute Gasteiger partial charge is 0.340 e. The molecule has 1 aliphatic heterocycles. The van der Waals surface area contributed by atoms with Gasteiger partial charge >= 0.3 is 5.97 Å². The predicted octanol–water partition coefficient (Wildman–Crippen LogP) is 4.06. The summed E-state index contributed by atoms with van der Waals surface area (Å²) in [7, 11) is 4.52. The number of benzene rings is 1. The van der Waals surface area contributed by atoms with E-state index in [-0.39, 0.29) is 11.5 Å². The standard InChI is InChI=1S/C22H23ClN2O4/c1-12-9-15(10-17-20(22(27)29-6)14(3)24(4)21(17)26)13(2)25(12)16-7-8-19(28-5)18(23)11-16/h7-11H,1-6H3/b17-10-. The van der Waals surface area contributed by atoms with Gasteiger partial charge < -0.3 is 18.9 Å². The lowest BCUT2D eigenvalue weighted by atomic mass is 10.0. The summed E-state index contributed by atoms with van der Waals surface area (Å²) < 4.78 is 12.1. The minimum absolute atomic E-state index is 0.236. The molecule has 7 heteroatoms. The molecule has 0 radical (unpaired) electrons. The Morgan fingerprint density at radius 1 is 1.14 bits per heavy atom. The van der Waals surface area contributed by atoms with Gasteiger partial charge in [0.05, 0.1) is 30.4 Å². The quantitative estimate of drug-likeness (QED) is 0.559. The lowest BCUT2D eigenvalue weighted by Crippen LogP contribution is -2.19. The van der Waals surface area contributed by atoms with Crippen LogP contribution in [0.2, 0.25) is 5.02 Å². The third-order valence-electron chi connectivity index (χ3n) is 5.22.